The normalized spacial score (nSPS) is 16.0. The molecule has 0 aliphatic carbocycles. The van der Waals surface area contributed by atoms with Gasteiger partial charge in [-0.2, -0.15) is 0 Å². The van der Waals surface area contributed by atoms with E-state index in [1.165, 1.54) is 5.56 Å². The van der Waals surface area contributed by atoms with Gasteiger partial charge in [0.1, 0.15) is 0 Å². The van der Waals surface area contributed by atoms with E-state index in [1.807, 2.05) is 48.5 Å². The van der Waals surface area contributed by atoms with Gasteiger partial charge in [0.2, 0.25) is 0 Å². The monoisotopic (exact) mass is 398 g/mol. The van der Waals surface area contributed by atoms with E-state index in [1.54, 1.807) is 11.8 Å². The fourth-order valence-electron chi connectivity index (χ4n) is 3.51. The van der Waals surface area contributed by atoms with Gasteiger partial charge >= 0.3 is 6.03 Å². The van der Waals surface area contributed by atoms with E-state index in [0.29, 0.717) is 24.6 Å². The molecule has 1 heterocycles. The fourth-order valence-corrected chi connectivity index (χ4v) is 4.54. The molecule has 1 aliphatic rings. The van der Waals surface area contributed by atoms with Gasteiger partial charge < -0.3 is 4.90 Å². The maximum Gasteiger partial charge on any atom is 0.331 e. The third kappa shape index (κ3) is 5.70. The molecule has 0 atom stereocenters. The molecule has 2 aromatic rings. The van der Waals surface area contributed by atoms with Crippen LogP contribution < -0.4 is 4.72 Å². The predicted molar refractivity (Wildman–Crippen MR) is 112 cm³/mol. The first-order chi connectivity index (χ1) is 13.4. The van der Waals surface area contributed by atoms with Gasteiger partial charge in [-0.1, -0.05) is 60.7 Å². The van der Waals surface area contributed by atoms with E-state index in [2.05, 4.69) is 16.9 Å². The number of benzene rings is 2. The standard InChI is InChI=1S/C22H26N2O3S/c1-18(21-10-6-3-7-11-21)17-28(26,27)23-22(25)24-14-12-20(13-15-24)16-19-8-4-2-5-9-19/h2-11,17,20H,12-16H2,1H3,(H,23,25)/b18-17+. The summed E-state index contributed by atoms with van der Waals surface area (Å²) in [6, 6.07) is 19.0. The van der Waals surface area contributed by atoms with Crippen molar-refractivity contribution in [1.29, 1.82) is 0 Å². The zero-order chi connectivity index (χ0) is 20.0. The average molecular weight is 399 g/mol. The summed E-state index contributed by atoms with van der Waals surface area (Å²) in [6.45, 7) is 2.86. The average Bonchev–Trinajstić information content (AvgIpc) is 2.69. The Labute approximate surface area is 167 Å². The Morgan fingerprint density at radius 3 is 2.21 bits per heavy atom. The summed E-state index contributed by atoms with van der Waals surface area (Å²) in [6.07, 6.45) is 2.75. The molecule has 0 unspecified atom stereocenters. The molecule has 0 aromatic heterocycles. The summed E-state index contributed by atoms with van der Waals surface area (Å²) >= 11 is 0. The maximum atomic E-state index is 12.4. The summed E-state index contributed by atoms with van der Waals surface area (Å²) in [7, 11) is -3.84. The number of nitrogens with one attached hydrogen (secondary N) is 1. The van der Waals surface area contributed by atoms with Crippen molar-refractivity contribution >= 4 is 21.6 Å². The smallest absolute Gasteiger partial charge is 0.324 e. The highest BCUT2D eigenvalue weighted by atomic mass is 32.2. The van der Waals surface area contributed by atoms with Gasteiger partial charge in [0.15, 0.2) is 0 Å². The number of sulfonamides is 1. The van der Waals surface area contributed by atoms with Crippen molar-refractivity contribution in [2.45, 2.75) is 26.2 Å². The molecule has 0 spiro atoms. The Bertz CT molecular complexity index is 917. The van der Waals surface area contributed by atoms with Crippen LogP contribution in [0.1, 0.15) is 30.9 Å². The van der Waals surface area contributed by atoms with E-state index in [4.69, 9.17) is 0 Å². The Hall–Kier alpha value is -2.60. The van der Waals surface area contributed by atoms with E-state index >= 15 is 0 Å². The van der Waals surface area contributed by atoms with Gasteiger partial charge in [-0.15, -0.1) is 0 Å². The van der Waals surface area contributed by atoms with Crippen LogP contribution in [-0.4, -0.2) is 32.4 Å². The molecule has 0 bridgehead atoms. The fraction of sp³-hybridized carbons (Fsp3) is 0.318. The number of allylic oxidation sites excluding steroid dienone is 1. The molecule has 5 nitrogen and oxygen atoms in total. The lowest BCUT2D eigenvalue weighted by molar-refractivity contribution is 0.175. The van der Waals surface area contributed by atoms with Gasteiger partial charge in [-0.05, 0) is 48.8 Å². The second-order valence-corrected chi connectivity index (χ2v) is 8.77. The summed E-state index contributed by atoms with van der Waals surface area (Å²) in [5, 5.41) is 1.11. The minimum absolute atomic E-state index is 0.517. The van der Waals surface area contributed by atoms with Crippen LogP contribution in [0.3, 0.4) is 0 Å². The highest BCUT2D eigenvalue weighted by molar-refractivity contribution is 7.93. The highest BCUT2D eigenvalue weighted by Crippen LogP contribution is 2.22. The van der Waals surface area contributed by atoms with E-state index in [9.17, 15) is 13.2 Å². The molecule has 28 heavy (non-hydrogen) atoms. The second-order valence-electron chi connectivity index (χ2n) is 7.24. The third-order valence-corrected chi connectivity index (χ3v) is 6.18. The number of hydrogen-bond donors (Lipinski definition) is 1. The van der Waals surface area contributed by atoms with E-state index in [0.717, 1.165) is 30.2 Å². The molecular weight excluding hydrogens is 372 g/mol. The van der Waals surface area contributed by atoms with Crippen LogP contribution in [0.25, 0.3) is 5.57 Å². The first kappa shape index (κ1) is 20.1. The number of piperidine rings is 1. The third-order valence-electron chi connectivity index (χ3n) is 5.06. The van der Waals surface area contributed by atoms with E-state index < -0.39 is 16.1 Å². The first-order valence-corrected chi connectivity index (χ1v) is 11.1. The molecule has 2 aromatic carbocycles. The van der Waals surface area contributed by atoms with Crippen LogP contribution in [0.2, 0.25) is 0 Å². The number of nitrogens with zero attached hydrogens (tertiary/aromatic N) is 1. The lowest BCUT2D eigenvalue weighted by Gasteiger charge is -2.31. The lowest BCUT2D eigenvalue weighted by Crippen LogP contribution is -2.46. The minimum Gasteiger partial charge on any atom is -0.324 e. The highest BCUT2D eigenvalue weighted by Gasteiger charge is 2.25. The molecule has 2 amide bonds. The van der Waals surface area contributed by atoms with Crippen molar-refractivity contribution in [3.05, 3.63) is 77.2 Å². The maximum absolute atomic E-state index is 12.4. The predicted octanol–water partition coefficient (Wildman–Crippen LogP) is 4.04. The number of carbonyl (C=O) groups is 1. The SMILES string of the molecule is C/C(=C\S(=O)(=O)NC(=O)N1CCC(Cc2ccccc2)CC1)c1ccccc1. The molecule has 3 rings (SSSR count). The van der Waals surface area contributed by atoms with Crippen molar-refractivity contribution in [3.8, 4) is 0 Å². The molecule has 1 N–H and O–H groups in total. The van der Waals surface area contributed by atoms with Crippen LogP contribution >= 0.6 is 0 Å². The molecule has 0 radical (unpaired) electrons. The van der Waals surface area contributed by atoms with Gasteiger partial charge in [0, 0.05) is 13.1 Å². The summed E-state index contributed by atoms with van der Waals surface area (Å²) < 4.78 is 26.8. The summed E-state index contributed by atoms with van der Waals surface area (Å²) in [4.78, 5) is 14.0. The number of hydrogen-bond acceptors (Lipinski definition) is 3. The summed E-state index contributed by atoms with van der Waals surface area (Å²) in [5.74, 6) is 0.517. The molecule has 148 valence electrons. The Kier molecular flexibility index (Phi) is 6.52. The second kappa shape index (κ2) is 9.06. The number of carbonyl (C=O) groups excluding carboxylic acids is 1. The van der Waals surface area contributed by atoms with Crippen LogP contribution in [0.5, 0.6) is 0 Å². The van der Waals surface area contributed by atoms with Gasteiger partial charge in [-0.3, -0.25) is 0 Å². The number of likely N-dealkylation sites (tertiary alicyclic amines) is 1. The lowest BCUT2D eigenvalue weighted by atomic mass is 9.90. The van der Waals surface area contributed by atoms with Crippen molar-refractivity contribution < 1.29 is 13.2 Å². The minimum atomic E-state index is -3.84. The molecule has 1 aliphatic heterocycles. The van der Waals surface area contributed by atoms with Gasteiger partial charge in [-0.25, -0.2) is 17.9 Å². The van der Waals surface area contributed by atoms with Crippen molar-refractivity contribution in [1.82, 2.24) is 9.62 Å². The quantitative estimate of drug-likeness (QED) is 0.826. The molecule has 1 saturated heterocycles. The van der Waals surface area contributed by atoms with Crippen LogP contribution in [0, 0.1) is 5.92 Å². The topological polar surface area (TPSA) is 66.5 Å². The van der Waals surface area contributed by atoms with Crippen molar-refractivity contribution in [2.24, 2.45) is 5.92 Å². The molecule has 1 fully saturated rings. The van der Waals surface area contributed by atoms with Crippen molar-refractivity contribution in [2.75, 3.05) is 13.1 Å². The van der Waals surface area contributed by atoms with Crippen LogP contribution in [-0.2, 0) is 16.4 Å². The Balaban J connectivity index is 1.53. The zero-order valence-electron chi connectivity index (χ0n) is 16.0. The number of amides is 2. The Morgan fingerprint density at radius 1 is 1.04 bits per heavy atom. The van der Waals surface area contributed by atoms with Crippen molar-refractivity contribution in [3.63, 3.8) is 0 Å². The van der Waals surface area contributed by atoms with Gasteiger partial charge in [0.25, 0.3) is 10.0 Å². The van der Waals surface area contributed by atoms with Crippen LogP contribution in [0.4, 0.5) is 4.79 Å². The van der Waals surface area contributed by atoms with Gasteiger partial charge in [0.05, 0.1) is 5.41 Å². The largest absolute Gasteiger partial charge is 0.331 e. The summed E-state index contributed by atoms with van der Waals surface area (Å²) in [5.41, 5.74) is 2.69. The van der Waals surface area contributed by atoms with E-state index in [-0.39, 0.29) is 0 Å². The number of rotatable bonds is 5. The molecular formula is C22H26N2O3S. The molecule has 0 saturated carbocycles. The zero-order valence-corrected chi connectivity index (χ0v) is 16.9. The van der Waals surface area contributed by atoms with Crippen LogP contribution in [0.15, 0.2) is 66.1 Å². The Morgan fingerprint density at radius 2 is 1.61 bits per heavy atom. The molecule has 6 heteroatoms. The number of urea groups is 1. The first-order valence-electron chi connectivity index (χ1n) is 9.52.